The molecule has 0 saturated heterocycles. The van der Waals surface area contributed by atoms with Crippen LogP contribution in [0.5, 0.6) is 0 Å². The van der Waals surface area contributed by atoms with E-state index < -0.39 is 11.9 Å². The van der Waals surface area contributed by atoms with Crippen molar-refractivity contribution >= 4 is 18.1 Å². The number of nitriles is 1. The predicted octanol–water partition coefficient (Wildman–Crippen LogP) is 2.93. The molecule has 2 aromatic carbocycles. The predicted molar refractivity (Wildman–Crippen MR) is 107 cm³/mol. The second-order valence-electron chi connectivity index (χ2n) is 6.89. The smallest absolute Gasteiger partial charge is 0.251 e. The molecular weight excluding hydrogens is 354 g/mol. The quantitative estimate of drug-likeness (QED) is 0.725. The van der Waals surface area contributed by atoms with Gasteiger partial charge in [-0.1, -0.05) is 32.0 Å². The van der Waals surface area contributed by atoms with Crippen molar-refractivity contribution in [3.8, 4) is 17.2 Å². The molecule has 0 bridgehead atoms. The van der Waals surface area contributed by atoms with Crippen LogP contribution in [0.2, 0.25) is 0 Å². The second-order valence-corrected chi connectivity index (χ2v) is 6.89. The maximum absolute atomic E-state index is 12.8. The fourth-order valence-electron chi connectivity index (χ4n) is 2.96. The van der Waals surface area contributed by atoms with Gasteiger partial charge in [-0.05, 0) is 47.7 Å². The maximum Gasteiger partial charge on any atom is 0.251 e. The molecule has 0 saturated carbocycles. The highest BCUT2D eigenvalue weighted by atomic mass is 16.2. The Labute approximate surface area is 164 Å². The monoisotopic (exact) mass is 377 g/mol. The van der Waals surface area contributed by atoms with Crippen LogP contribution in [0.25, 0.3) is 11.1 Å². The van der Waals surface area contributed by atoms with E-state index in [0.29, 0.717) is 35.0 Å². The third-order valence-electron chi connectivity index (χ3n) is 4.29. The highest BCUT2D eigenvalue weighted by molar-refractivity contribution is 6.00. The Morgan fingerprint density at radius 2 is 1.89 bits per heavy atom. The lowest BCUT2D eigenvalue weighted by Gasteiger charge is -2.19. The SMILES string of the molecule is CNC(=O)[C@@H](CC(C)C)NC(=O)c1cc(C=O)cc(-c2ccccc2C#N)c1. The lowest BCUT2D eigenvalue weighted by atomic mass is 9.96. The standard InChI is InChI=1S/C22H23N3O3/c1-14(2)8-20(22(28)24-3)25-21(27)18-10-15(13-26)9-17(11-18)19-7-5-4-6-16(19)12-23/h4-7,9-11,13-14,20H,8H2,1-3H3,(H,24,28)(H,25,27)/t20-/m1/s1. The Bertz CT molecular complexity index is 929. The largest absolute Gasteiger partial charge is 0.357 e. The van der Waals surface area contributed by atoms with Crippen LogP contribution in [-0.2, 0) is 4.79 Å². The minimum atomic E-state index is -0.674. The molecule has 6 nitrogen and oxygen atoms in total. The van der Waals surface area contributed by atoms with Gasteiger partial charge >= 0.3 is 0 Å². The van der Waals surface area contributed by atoms with Gasteiger partial charge in [-0.2, -0.15) is 5.26 Å². The van der Waals surface area contributed by atoms with Crippen molar-refractivity contribution in [2.45, 2.75) is 26.3 Å². The number of rotatable bonds is 7. The topological polar surface area (TPSA) is 99.1 Å². The fourth-order valence-corrected chi connectivity index (χ4v) is 2.96. The number of hydrogen-bond acceptors (Lipinski definition) is 4. The van der Waals surface area contributed by atoms with Crippen molar-refractivity contribution in [3.05, 3.63) is 59.2 Å². The van der Waals surface area contributed by atoms with Crippen molar-refractivity contribution in [1.82, 2.24) is 10.6 Å². The summed E-state index contributed by atoms with van der Waals surface area (Å²) in [4.78, 5) is 36.3. The summed E-state index contributed by atoms with van der Waals surface area (Å²) >= 11 is 0. The third kappa shape index (κ3) is 5.04. The minimum Gasteiger partial charge on any atom is -0.357 e. The Hall–Kier alpha value is -3.46. The molecule has 0 radical (unpaired) electrons. The summed E-state index contributed by atoms with van der Waals surface area (Å²) in [6, 6.07) is 13.1. The van der Waals surface area contributed by atoms with Crippen LogP contribution >= 0.6 is 0 Å². The molecule has 2 N–H and O–H groups in total. The van der Waals surface area contributed by atoms with E-state index in [-0.39, 0.29) is 17.4 Å². The number of nitrogens with zero attached hydrogens (tertiary/aromatic N) is 1. The number of hydrogen-bond donors (Lipinski definition) is 2. The molecule has 1 atom stereocenters. The molecule has 6 heteroatoms. The van der Waals surface area contributed by atoms with Gasteiger partial charge in [0, 0.05) is 18.2 Å². The molecule has 0 aliphatic carbocycles. The number of benzene rings is 2. The molecular formula is C22H23N3O3. The van der Waals surface area contributed by atoms with Crippen LogP contribution in [-0.4, -0.2) is 31.2 Å². The minimum absolute atomic E-state index is 0.210. The van der Waals surface area contributed by atoms with Crippen LogP contribution in [0, 0.1) is 17.2 Å². The van der Waals surface area contributed by atoms with E-state index in [9.17, 15) is 19.6 Å². The molecule has 0 aliphatic heterocycles. The zero-order valence-electron chi connectivity index (χ0n) is 16.2. The Balaban J connectivity index is 2.42. The molecule has 2 rings (SSSR count). The highest BCUT2D eigenvalue weighted by Crippen LogP contribution is 2.25. The number of nitrogens with one attached hydrogen (secondary N) is 2. The van der Waals surface area contributed by atoms with E-state index >= 15 is 0 Å². The first-order valence-corrected chi connectivity index (χ1v) is 9.01. The van der Waals surface area contributed by atoms with E-state index in [4.69, 9.17) is 0 Å². The zero-order valence-corrected chi connectivity index (χ0v) is 16.2. The highest BCUT2D eigenvalue weighted by Gasteiger charge is 2.22. The second kappa shape index (κ2) is 9.47. The van der Waals surface area contributed by atoms with Crippen molar-refractivity contribution in [1.29, 1.82) is 5.26 Å². The van der Waals surface area contributed by atoms with Gasteiger partial charge in [0.05, 0.1) is 11.6 Å². The van der Waals surface area contributed by atoms with Gasteiger partial charge < -0.3 is 10.6 Å². The van der Waals surface area contributed by atoms with Crippen molar-refractivity contribution in [2.75, 3.05) is 7.05 Å². The Kier molecular flexibility index (Phi) is 7.05. The van der Waals surface area contributed by atoms with Gasteiger partial charge in [0.15, 0.2) is 0 Å². The first kappa shape index (κ1) is 20.8. The summed E-state index contributed by atoms with van der Waals surface area (Å²) in [5.74, 6) is -0.515. The molecule has 0 aliphatic rings. The molecule has 0 aromatic heterocycles. The molecule has 28 heavy (non-hydrogen) atoms. The van der Waals surface area contributed by atoms with E-state index in [1.165, 1.54) is 13.1 Å². The van der Waals surface area contributed by atoms with Gasteiger partial charge in [-0.15, -0.1) is 0 Å². The number of aldehydes is 1. The first-order chi connectivity index (χ1) is 13.4. The Morgan fingerprint density at radius 3 is 2.50 bits per heavy atom. The summed E-state index contributed by atoms with van der Waals surface area (Å²) < 4.78 is 0. The van der Waals surface area contributed by atoms with Crippen molar-refractivity contribution < 1.29 is 14.4 Å². The molecule has 144 valence electrons. The van der Waals surface area contributed by atoms with E-state index in [0.717, 1.165) is 0 Å². The molecule has 0 spiro atoms. The lowest BCUT2D eigenvalue weighted by Crippen LogP contribution is -2.46. The molecule has 2 aromatic rings. The van der Waals surface area contributed by atoms with Crippen LogP contribution in [0.15, 0.2) is 42.5 Å². The van der Waals surface area contributed by atoms with E-state index in [1.54, 1.807) is 36.4 Å². The normalized spacial score (nSPS) is 11.4. The summed E-state index contributed by atoms with van der Waals surface area (Å²) in [5, 5.41) is 14.6. The Morgan fingerprint density at radius 1 is 1.18 bits per heavy atom. The summed E-state index contributed by atoms with van der Waals surface area (Å²) in [5.41, 5.74) is 2.24. The fraction of sp³-hybridized carbons (Fsp3) is 0.273. The first-order valence-electron chi connectivity index (χ1n) is 9.01. The average Bonchev–Trinajstić information content (AvgIpc) is 2.71. The van der Waals surface area contributed by atoms with Crippen LogP contribution in [0.4, 0.5) is 0 Å². The number of amides is 2. The van der Waals surface area contributed by atoms with Crippen LogP contribution < -0.4 is 10.6 Å². The third-order valence-corrected chi connectivity index (χ3v) is 4.29. The van der Waals surface area contributed by atoms with Gasteiger partial charge in [0.1, 0.15) is 12.3 Å². The average molecular weight is 377 g/mol. The lowest BCUT2D eigenvalue weighted by molar-refractivity contribution is -0.122. The van der Waals surface area contributed by atoms with Crippen molar-refractivity contribution in [3.63, 3.8) is 0 Å². The molecule has 0 fully saturated rings. The maximum atomic E-state index is 12.8. The molecule has 2 amide bonds. The van der Waals surface area contributed by atoms with E-state index in [2.05, 4.69) is 16.7 Å². The number of carbonyl (C=O) groups excluding carboxylic acids is 3. The van der Waals surface area contributed by atoms with Crippen molar-refractivity contribution in [2.24, 2.45) is 5.92 Å². The van der Waals surface area contributed by atoms with Crippen LogP contribution in [0.3, 0.4) is 0 Å². The van der Waals surface area contributed by atoms with Crippen LogP contribution in [0.1, 0.15) is 46.5 Å². The summed E-state index contributed by atoms with van der Waals surface area (Å²) in [7, 11) is 1.52. The number of likely N-dealkylation sites (N-methyl/N-ethyl adjacent to an activating group) is 1. The van der Waals surface area contributed by atoms with Gasteiger partial charge in [0.2, 0.25) is 5.91 Å². The van der Waals surface area contributed by atoms with Gasteiger partial charge in [0.25, 0.3) is 5.91 Å². The zero-order chi connectivity index (χ0) is 20.7. The number of carbonyl (C=O) groups is 3. The van der Waals surface area contributed by atoms with Gasteiger partial charge in [-0.25, -0.2) is 0 Å². The van der Waals surface area contributed by atoms with E-state index in [1.807, 2.05) is 13.8 Å². The summed E-state index contributed by atoms with van der Waals surface area (Å²) in [6.07, 6.45) is 1.14. The molecule has 0 unspecified atom stereocenters. The van der Waals surface area contributed by atoms with Gasteiger partial charge in [-0.3, -0.25) is 14.4 Å². The summed E-state index contributed by atoms with van der Waals surface area (Å²) in [6.45, 7) is 3.93. The molecule has 0 heterocycles.